The molecule has 0 aliphatic carbocycles. The molecule has 0 fully saturated rings. The molecular weight excluding hydrogens is 315 g/mol. The van der Waals surface area contributed by atoms with Gasteiger partial charge in [0, 0.05) is 12.7 Å². The zero-order valence-corrected chi connectivity index (χ0v) is 12.7. The predicted molar refractivity (Wildman–Crippen MR) is 74.3 cm³/mol. The molecule has 3 nitrogen and oxygen atoms in total. The lowest BCUT2D eigenvalue weighted by molar-refractivity contribution is 0.0482. The van der Waals surface area contributed by atoms with Gasteiger partial charge in [-0.3, -0.25) is 4.68 Å². The van der Waals surface area contributed by atoms with Crippen LogP contribution in [-0.4, -0.2) is 15.9 Å². The Balaban J connectivity index is 2.56. The predicted octanol–water partition coefficient (Wildman–Crippen LogP) is 3.46. The van der Waals surface area contributed by atoms with Crippen LogP contribution in [0, 0.1) is 9.49 Å². The Hall–Kier alpha value is -0.100. The van der Waals surface area contributed by atoms with E-state index in [0.717, 1.165) is 18.7 Å². The van der Waals surface area contributed by atoms with Gasteiger partial charge in [-0.2, -0.15) is 5.10 Å². The van der Waals surface area contributed by atoms with Gasteiger partial charge in [0.15, 0.2) is 0 Å². The van der Waals surface area contributed by atoms with Crippen molar-refractivity contribution in [3.8, 4) is 0 Å². The molecule has 0 saturated carbocycles. The van der Waals surface area contributed by atoms with Crippen molar-refractivity contribution in [2.75, 3.05) is 0 Å². The van der Waals surface area contributed by atoms with E-state index >= 15 is 0 Å². The largest absolute Gasteiger partial charge is 0.372 e. The third-order valence-corrected chi connectivity index (χ3v) is 3.32. The van der Waals surface area contributed by atoms with Crippen molar-refractivity contribution in [1.82, 2.24) is 9.78 Å². The van der Waals surface area contributed by atoms with Crippen LogP contribution in [0.15, 0.2) is 6.20 Å². The summed E-state index contributed by atoms with van der Waals surface area (Å²) in [5.74, 6) is 0.624. The van der Waals surface area contributed by atoms with Crippen molar-refractivity contribution < 1.29 is 4.74 Å². The molecule has 0 aromatic carbocycles. The summed E-state index contributed by atoms with van der Waals surface area (Å²) in [5, 5.41) is 4.54. The second-order valence-electron chi connectivity index (χ2n) is 4.57. The normalized spacial score (nSPS) is 13.4. The molecule has 1 heterocycles. The average Bonchev–Trinajstić information content (AvgIpc) is 2.54. The van der Waals surface area contributed by atoms with E-state index < -0.39 is 0 Å². The topological polar surface area (TPSA) is 27.1 Å². The molecule has 4 heteroatoms. The number of rotatable bonds is 6. The molecule has 0 spiro atoms. The maximum Gasteiger partial charge on any atom is 0.101 e. The van der Waals surface area contributed by atoms with Crippen molar-refractivity contribution >= 4 is 22.6 Å². The molecule has 0 aliphatic rings. The fraction of sp³-hybridized carbons (Fsp3) is 0.750. The van der Waals surface area contributed by atoms with E-state index in [4.69, 9.17) is 4.74 Å². The van der Waals surface area contributed by atoms with E-state index in [9.17, 15) is 0 Å². The maximum absolute atomic E-state index is 5.70. The number of nitrogens with zero attached hydrogens (tertiary/aromatic N) is 2. The van der Waals surface area contributed by atoms with Gasteiger partial charge in [0.25, 0.3) is 0 Å². The Morgan fingerprint density at radius 2 is 2.12 bits per heavy atom. The van der Waals surface area contributed by atoms with E-state index in [1.165, 1.54) is 3.57 Å². The van der Waals surface area contributed by atoms with E-state index in [1.54, 1.807) is 0 Å². The third-order valence-electron chi connectivity index (χ3n) is 2.42. The Kier molecular flexibility index (Phi) is 5.75. The molecule has 1 aromatic rings. The molecule has 0 saturated heterocycles. The van der Waals surface area contributed by atoms with Gasteiger partial charge in [0.05, 0.1) is 16.3 Å². The first kappa shape index (κ1) is 14.0. The van der Waals surface area contributed by atoms with Crippen LogP contribution in [0.3, 0.4) is 0 Å². The summed E-state index contributed by atoms with van der Waals surface area (Å²) in [6, 6.07) is 0. The highest BCUT2D eigenvalue weighted by atomic mass is 127. The minimum absolute atomic E-state index is 0.311. The highest BCUT2D eigenvalue weighted by molar-refractivity contribution is 14.1. The monoisotopic (exact) mass is 336 g/mol. The van der Waals surface area contributed by atoms with Crippen molar-refractivity contribution in [3.05, 3.63) is 15.5 Å². The number of hydrogen-bond acceptors (Lipinski definition) is 2. The fourth-order valence-corrected chi connectivity index (χ4v) is 1.93. The first-order valence-corrected chi connectivity index (χ1v) is 6.94. The van der Waals surface area contributed by atoms with E-state index in [1.807, 2.05) is 4.68 Å². The quantitative estimate of drug-likeness (QED) is 0.744. The van der Waals surface area contributed by atoms with Gasteiger partial charge >= 0.3 is 0 Å². The Morgan fingerprint density at radius 3 is 2.69 bits per heavy atom. The van der Waals surface area contributed by atoms with Crippen LogP contribution < -0.4 is 0 Å². The van der Waals surface area contributed by atoms with E-state index in [-0.39, 0.29) is 0 Å². The second kappa shape index (κ2) is 6.59. The zero-order chi connectivity index (χ0) is 12.1. The van der Waals surface area contributed by atoms with Crippen molar-refractivity contribution in [1.29, 1.82) is 0 Å². The highest BCUT2D eigenvalue weighted by Crippen LogP contribution is 2.13. The molecule has 1 rings (SSSR count). The highest BCUT2D eigenvalue weighted by Gasteiger charge is 2.09. The van der Waals surface area contributed by atoms with Gasteiger partial charge in [-0.1, -0.05) is 20.8 Å². The fourth-order valence-electron chi connectivity index (χ4n) is 1.34. The number of ether oxygens (including phenoxy) is 1. The molecule has 1 atom stereocenters. The first-order chi connectivity index (χ1) is 7.52. The molecule has 0 N–H and O–H groups in total. The van der Waals surface area contributed by atoms with Crippen LogP contribution in [0.2, 0.25) is 0 Å². The lowest BCUT2D eigenvalue weighted by atomic mass is 10.2. The number of halogens is 1. The molecule has 16 heavy (non-hydrogen) atoms. The molecule has 1 aromatic heterocycles. The summed E-state index contributed by atoms with van der Waals surface area (Å²) in [7, 11) is 0. The van der Waals surface area contributed by atoms with Crippen molar-refractivity contribution in [3.63, 3.8) is 0 Å². The van der Waals surface area contributed by atoms with E-state index in [2.05, 4.69) is 61.6 Å². The van der Waals surface area contributed by atoms with Crippen LogP contribution in [0.5, 0.6) is 0 Å². The molecule has 0 aliphatic heterocycles. The minimum atomic E-state index is 0.311. The lowest BCUT2D eigenvalue weighted by Gasteiger charge is -2.09. The third kappa shape index (κ3) is 4.41. The lowest BCUT2D eigenvalue weighted by Crippen LogP contribution is -2.08. The van der Waals surface area contributed by atoms with Gasteiger partial charge in [0.1, 0.15) is 5.69 Å². The Bertz CT molecular complexity index is 323. The molecule has 0 radical (unpaired) electrons. The average molecular weight is 336 g/mol. The van der Waals surface area contributed by atoms with Crippen LogP contribution >= 0.6 is 22.6 Å². The molecule has 92 valence electrons. The molecule has 0 amide bonds. The number of hydrogen-bond donors (Lipinski definition) is 0. The van der Waals surface area contributed by atoms with Crippen LogP contribution in [0.4, 0.5) is 0 Å². The smallest absolute Gasteiger partial charge is 0.101 e. The van der Waals surface area contributed by atoms with Gasteiger partial charge in [-0.05, 0) is 41.9 Å². The van der Waals surface area contributed by atoms with Gasteiger partial charge in [-0.15, -0.1) is 0 Å². The van der Waals surface area contributed by atoms with Crippen molar-refractivity contribution in [2.24, 2.45) is 5.92 Å². The summed E-state index contributed by atoms with van der Waals surface area (Å²) in [6.45, 7) is 10.2. The summed E-state index contributed by atoms with van der Waals surface area (Å²) in [5.41, 5.74) is 1.06. The Labute approximate surface area is 112 Å². The number of aromatic nitrogens is 2. The second-order valence-corrected chi connectivity index (χ2v) is 5.73. The standard InChI is InChI=1S/C12H21IN2O/c1-5-10(4)16-8-12-11(13)7-15(14-12)6-9(2)3/h7,9-10H,5-6,8H2,1-4H3/t10-/m1/s1. The molecular formula is C12H21IN2O. The summed E-state index contributed by atoms with van der Waals surface area (Å²) in [4.78, 5) is 0. The van der Waals surface area contributed by atoms with Crippen LogP contribution in [-0.2, 0) is 17.9 Å². The minimum Gasteiger partial charge on any atom is -0.372 e. The Morgan fingerprint density at radius 1 is 1.44 bits per heavy atom. The first-order valence-electron chi connectivity index (χ1n) is 5.86. The van der Waals surface area contributed by atoms with Gasteiger partial charge < -0.3 is 4.74 Å². The van der Waals surface area contributed by atoms with Crippen LogP contribution in [0.1, 0.15) is 39.8 Å². The maximum atomic E-state index is 5.70. The molecule has 0 bridgehead atoms. The molecule has 0 unspecified atom stereocenters. The SMILES string of the molecule is CC[C@@H](C)OCc1nn(CC(C)C)cc1I. The van der Waals surface area contributed by atoms with Crippen molar-refractivity contribution in [2.45, 2.75) is 53.4 Å². The van der Waals surface area contributed by atoms with Gasteiger partial charge in [0.2, 0.25) is 0 Å². The summed E-state index contributed by atoms with van der Waals surface area (Å²) >= 11 is 2.32. The zero-order valence-electron chi connectivity index (χ0n) is 10.5. The van der Waals surface area contributed by atoms with Crippen LogP contribution in [0.25, 0.3) is 0 Å². The summed E-state index contributed by atoms with van der Waals surface area (Å²) in [6.07, 6.45) is 3.45. The summed E-state index contributed by atoms with van der Waals surface area (Å²) < 4.78 is 8.91. The van der Waals surface area contributed by atoms with E-state index in [0.29, 0.717) is 18.6 Å². The van der Waals surface area contributed by atoms with Gasteiger partial charge in [-0.25, -0.2) is 0 Å².